The van der Waals surface area contributed by atoms with Crippen molar-refractivity contribution in [2.24, 2.45) is 0 Å². The van der Waals surface area contributed by atoms with E-state index >= 15 is 0 Å². The molecule has 0 saturated carbocycles. The Labute approximate surface area is 165 Å². The van der Waals surface area contributed by atoms with Gasteiger partial charge in [0, 0.05) is 6.20 Å². The Bertz CT molecular complexity index is 1330. The fourth-order valence-corrected chi connectivity index (χ4v) is 3.78. The molecule has 1 aliphatic heterocycles. The molecule has 3 heterocycles. The van der Waals surface area contributed by atoms with E-state index in [1.54, 1.807) is 48.7 Å². The maximum atomic E-state index is 13.4. The van der Waals surface area contributed by atoms with E-state index in [9.17, 15) is 14.7 Å². The molecule has 142 valence electrons. The minimum atomic E-state index is -0.701. The van der Waals surface area contributed by atoms with Crippen LogP contribution in [0.15, 0.2) is 76.1 Å². The molecular weight excluding hydrogens is 368 g/mol. The van der Waals surface area contributed by atoms with Gasteiger partial charge in [0.05, 0.1) is 17.0 Å². The molecule has 0 fully saturated rings. The van der Waals surface area contributed by atoms with Crippen molar-refractivity contribution in [1.82, 2.24) is 4.98 Å². The van der Waals surface area contributed by atoms with Crippen molar-refractivity contribution in [1.29, 1.82) is 0 Å². The fourth-order valence-electron chi connectivity index (χ4n) is 3.78. The lowest BCUT2D eigenvalue weighted by Gasteiger charge is -2.24. The molecule has 0 radical (unpaired) electrons. The van der Waals surface area contributed by atoms with Crippen LogP contribution < -0.4 is 10.3 Å². The predicted octanol–water partition coefficient (Wildman–Crippen LogP) is 3.95. The van der Waals surface area contributed by atoms with E-state index in [-0.39, 0.29) is 22.5 Å². The Morgan fingerprint density at radius 3 is 2.55 bits per heavy atom. The van der Waals surface area contributed by atoms with Crippen LogP contribution in [0.4, 0.5) is 5.82 Å². The molecule has 0 aliphatic carbocycles. The molecule has 6 heteroatoms. The average Bonchev–Trinajstić information content (AvgIpc) is 3.02. The van der Waals surface area contributed by atoms with Gasteiger partial charge in [0.15, 0.2) is 5.43 Å². The molecule has 4 aromatic rings. The van der Waals surface area contributed by atoms with Crippen LogP contribution in [0.5, 0.6) is 5.75 Å². The maximum absolute atomic E-state index is 13.4. The highest BCUT2D eigenvalue weighted by molar-refractivity contribution is 6.10. The number of phenolic OH excluding ortho intramolecular Hbond substituents is 1. The van der Waals surface area contributed by atoms with Gasteiger partial charge < -0.3 is 9.52 Å². The van der Waals surface area contributed by atoms with Crippen molar-refractivity contribution < 1.29 is 14.3 Å². The van der Waals surface area contributed by atoms with Crippen molar-refractivity contribution in [3.63, 3.8) is 0 Å². The van der Waals surface area contributed by atoms with Gasteiger partial charge in [-0.1, -0.05) is 24.3 Å². The van der Waals surface area contributed by atoms with E-state index in [0.29, 0.717) is 22.4 Å². The zero-order valence-electron chi connectivity index (χ0n) is 15.5. The normalized spacial score (nSPS) is 15.7. The molecule has 6 nitrogen and oxygen atoms in total. The Kier molecular flexibility index (Phi) is 3.74. The number of fused-ring (bicyclic) bond motifs is 2. The summed E-state index contributed by atoms with van der Waals surface area (Å²) in [6, 6.07) is 16.3. The first-order valence-electron chi connectivity index (χ1n) is 9.15. The number of hydrogen-bond donors (Lipinski definition) is 1. The molecule has 2 aromatic heterocycles. The fraction of sp³-hybridized carbons (Fsp3) is 0.0870. The number of rotatable bonds is 2. The highest BCUT2D eigenvalue weighted by atomic mass is 16.3. The number of carbonyl (C=O) groups is 1. The van der Waals surface area contributed by atoms with Crippen LogP contribution in [0.2, 0.25) is 0 Å². The minimum absolute atomic E-state index is 0.0232. The van der Waals surface area contributed by atoms with Gasteiger partial charge in [-0.2, -0.15) is 0 Å². The number of aromatic hydroxyl groups is 1. The number of hydrogen-bond acceptors (Lipinski definition) is 5. The number of aromatic nitrogens is 1. The van der Waals surface area contributed by atoms with Crippen LogP contribution in [0.25, 0.3) is 11.0 Å². The van der Waals surface area contributed by atoms with Crippen LogP contribution in [0.3, 0.4) is 0 Å². The lowest BCUT2D eigenvalue weighted by molar-refractivity contribution is 0.0970. The highest BCUT2D eigenvalue weighted by Gasteiger charge is 2.44. The van der Waals surface area contributed by atoms with Crippen LogP contribution >= 0.6 is 0 Å². The summed E-state index contributed by atoms with van der Waals surface area (Å²) >= 11 is 0. The van der Waals surface area contributed by atoms with E-state index < -0.39 is 11.9 Å². The van der Waals surface area contributed by atoms with E-state index in [1.807, 2.05) is 13.0 Å². The average molecular weight is 384 g/mol. The van der Waals surface area contributed by atoms with Crippen LogP contribution in [-0.4, -0.2) is 16.0 Å². The number of phenols is 1. The Morgan fingerprint density at radius 2 is 1.79 bits per heavy atom. The molecule has 1 aliphatic rings. The first-order chi connectivity index (χ1) is 14.0. The number of anilines is 1. The smallest absolute Gasteiger partial charge is 0.296 e. The van der Waals surface area contributed by atoms with Crippen molar-refractivity contribution in [2.45, 2.75) is 13.0 Å². The Hall–Kier alpha value is -3.93. The number of carbonyl (C=O) groups excluding carboxylic acids is 1. The maximum Gasteiger partial charge on any atom is 0.296 e. The third-order valence-electron chi connectivity index (χ3n) is 5.13. The summed E-state index contributed by atoms with van der Waals surface area (Å²) in [4.78, 5) is 32.6. The summed E-state index contributed by atoms with van der Waals surface area (Å²) in [5.74, 6) is 0.140. The molecule has 2 aromatic carbocycles. The van der Waals surface area contributed by atoms with E-state index in [1.165, 1.54) is 17.0 Å². The first kappa shape index (κ1) is 17.2. The van der Waals surface area contributed by atoms with Gasteiger partial charge in [0.1, 0.15) is 17.2 Å². The molecule has 5 rings (SSSR count). The third kappa shape index (κ3) is 2.61. The van der Waals surface area contributed by atoms with Gasteiger partial charge in [0.2, 0.25) is 5.76 Å². The first-order valence-corrected chi connectivity index (χ1v) is 9.15. The number of para-hydroxylation sites is 1. The second kappa shape index (κ2) is 6.31. The monoisotopic (exact) mass is 384 g/mol. The largest absolute Gasteiger partial charge is 0.508 e. The lowest BCUT2D eigenvalue weighted by atomic mass is 9.98. The van der Waals surface area contributed by atoms with Gasteiger partial charge in [-0.05, 0) is 54.4 Å². The van der Waals surface area contributed by atoms with Gasteiger partial charge in [0.25, 0.3) is 5.91 Å². The predicted molar refractivity (Wildman–Crippen MR) is 108 cm³/mol. The molecule has 29 heavy (non-hydrogen) atoms. The van der Waals surface area contributed by atoms with Crippen LogP contribution in [0, 0.1) is 6.92 Å². The summed E-state index contributed by atoms with van der Waals surface area (Å²) in [6.07, 6.45) is 1.63. The van der Waals surface area contributed by atoms with Crippen molar-refractivity contribution in [2.75, 3.05) is 4.90 Å². The Balaban J connectivity index is 1.82. The summed E-state index contributed by atoms with van der Waals surface area (Å²) < 4.78 is 5.89. The van der Waals surface area contributed by atoms with Gasteiger partial charge in [-0.25, -0.2) is 4.98 Å². The lowest BCUT2D eigenvalue weighted by Crippen LogP contribution is -2.30. The van der Waals surface area contributed by atoms with Gasteiger partial charge in [-0.3, -0.25) is 14.5 Å². The molecule has 1 atom stereocenters. The van der Waals surface area contributed by atoms with Crippen LogP contribution in [0.1, 0.15) is 33.3 Å². The standard InChI is InChI=1S/C23H16N2O4/c1-13-10-11-24-18(12-13)25-20(14-6-8-15(26)9-7-14)19-21(27)16-4-2-3-5-17(16)29-22(19)23(25)28/h2-12,20,26H,1H3/t20-/m0/s1. The van der Waals surface area contributed by atoms with Gasteiger partial charge in [-0.15, -0.1) is 0 Å². The zero-order valence-corrected chi connectivity index (χ0v) is 15.5. The summed E-state index contributed by atoms with van der Waals surface area (Å²) in [5.41, 5.74) is 2.02. The number of nitrogens with zero attached hydrogens (tertiary/aromatic N) is 2. The molecule has 1 amide bonds. The molecule has 0 spiro atoms. The Morgan fingerprint density at radius 1 is 1.03 bits per heavy atom. The second-order valence-electron chi connectivity index (χ2n) is 7.03. The molecule has 0 unspecified atom stereocenters. The molecule has 1 N–H and O–H groups in total. The van der Waals surface area contributed by atoms with Crippen molar-refractivity contribution in [3.8, 4) is 5.75 Å². The van der Waals surface area contributed by atoms with Crippen LogP contribution in [-0.2, 0) is 0 Å². The van der Waals surface area contributed by atoms with Crippen molar-refractivity contribution in [3.05, 3.63) is 99.5 Å². The van der Waals surface area contributed by atoms with E-state index in [4.69, 9.17) is 4.42 Å². The number of pyridine rings is 1. The van der Waals surface area contributed by atoms with Gasteiger partial charge >= 0.3 is 0 Å². The highest BCUT2D eigenvalue weighted by Crippen LogP contribution is 2.40. The summed E-state index contributed by atoms with van der Waals surface area (Å²) in [5, 5.41) is 10.1. The number of benzene rings is 2. The van der Waals surface area contributed by atoms with E-state index in [2.05, 4.69) is 4.98 Å². The minimum Gasteiger partial charge on any atom is -0.508 e. The second-order valence-corrected chi connectivity index (χ2v) is 7.03. The molecule has 0 saturated heterocycles. The topological polar surface area (TPSA) is 83.6 Å². The third-order valence-corrected chi connectivity index (χ3v) is 5.13. The van der Waals surface area contributed by atoms with E-state index in [0.717, 1.165) is 5.56 Å². The molecule has 0 bridgehead atoms. The van der Waals surface area contributed by atoms with Crippen molar-refractivity contribution >= 4 is 22.7 Å². The molecular formula is C23H16N2O4. The SMILES string of the molecule is Cc1ccnc(N2C(=O)c3oc4ccccc4c(=O)c3[C@@H]2c2ccc(O)cc2)c1. The summed E-state index contributed by atoms with van der Waals surface area (Å²) in [6.45, 7) is 1.91. The quantitative estimate of drug-likeness (QED) is 0.566. The summed E-state index contributed by atoms with van der Waals surface area (Å²) in [7, 11) is 0. The number of aryl methyl sites for hydroxylation is 1. The number of amides is 1. The zero-order chi connectivity index (χ0) is 20.1.